The van der Waals surface area contributed by atoms with Crippen LogP contribution in [-0.2, 0) is 4.79 Å². The number of carboxylic acid groups (broad SMARTS) is 1. The molecule has 13 heavy (non-hydrogen) atoms. The van der Waals surface area contributed by atoms with Gasteiger partial charge < -0.3 is 5.11 Å². The molecule has 1 N–H and O–H groups in total. The smallest absolute Gasteiger partial charge is 0.402 e. The van der Waals surface area contributed by atoms with Crippen LogP contribution in [0.2, 0.25) is 0 Å². The van der Waals surface area contributed by atoms with Gasteiger partial charge in [0.05, 0.1) is 0 Å². The fraction of sp³-hybridized carbons (Fsp3) is 0.800. The first-order valence-electron chi connectivity index (χ1n) is 3.16. The van der Waals surface area contributed by atoms with Gasteiger partial charge in [-0.05, 0) is 0 Å². The van der Waals surface area contributed by atoms with Crippen molar-refractivity contribution in [3.63, 3.8) is 0 Å². The maximum Gasteiger partial charge on any atom is 0.402 e. The van der Waals surface area contributed by atoms with Crippen LogP contribution in [0.5, 0.6) is 0 Å². The Kier molecular flexibility index (Phi) is 3.64. The fourth-order valence-electron chi connectivity index (χ4n) is 0.662. The van der Waals surface area contributed by atoms with Gasteiger partial charge in [0.1, 0.15) is 0 Å². The number of carbonyl (C=O) groups is 1. The number of aliphatic carboxylic acids is 1. The number of rotatable bonds is 4. The first kappa shape index (κ1) is 11.7. The van der Waals surface area contributed by atoms with Gasteiger partial charge in [0, 0.05) is 11.3 Å². The zero-order valence-corrected chi connectivity index (χ0v) is 6.24. The van der Waals surface area contributed by atoms with Crippen LogP contribution in [0.3, 0.4) is 0 Å². The van der Waals surface area contributed by atoms with Gasteiger partial charge in [-0.15, -0.1) is 0 Å². The quantitative estimate of drug-likeness (QED) is 0.541. The summed E-state index contributed by atoms with van der Waals surface area (Å²) in [5.74, 6) is -4.74. The topological polar surface area (TPSA) is 80.4 Å². The lowest BCUT2D eigenvalue weighted by atomic mass is 10.1. The Morgan fingerprint density at radius 3 is 2.23 bits per heavy atom. The number of nitro groups is 1. The van der Waals surface area contributed by atoms with E-state index in [0.29, 0.717) is 0 Å². The molecule has 76 valence electrons. The number of hydrogen-bond acceptors (Lipinski definition) is 3. The van der Waals surface area contributed by atoms with Crippen molar-refractivity contribution in [2.24, 2.45) is 5.92 Å². The summed E-state index contributed by atoms with van der Waals surface area (Å²) in [4.78, 5) is 18.7. The van der Waals surface area contributed by atoms with Gasteiger partial charge in [0.2, 0.25) is 6.54 Å². The summed E-state index contributed by atoms with van der Waals surface area (Å²) in [6, 6.07) is 0. The van der Waals surface area contributed by atoms with Gasteiger partial charge >= 0.3 is 12.1 Å². The molecule has 8 heteroatoms. The van der Waals surface area contributed by atoms with E-state index in [4.69, 9.17) is 5.11 Å². The highest BCUT2D eigenvalue weighted by molar-refractivity contribution is 5.70. The van der Waals surface area contributed by atoms with Crippen molar-refractivity contribution in [2.45, 2.75) is 12.6 Å². The molecule has 0 aliphatic rings. The number of nitrogens with zero attached hydrogens (tertiary/aromatic N) is 1. The first-order valence-corrected chi connectivity index (χ1v) is 3.16. The lowest BCUT2D eigenvalue weighted by Crippen LogP contribution is -2.32. The molecule has 0 aromatic heterocycles. The Hall–Kier alpha value is -1.34. The normalized spacial score (nSPS) is 13.8. The van der Waals surface area contributed by atoms with Crippen LogP contribution in [0.4, 0.5) is 13.2 Å². The van der Waals surface area contributed by atoms with Crippen molar-refractivity contribution >= 4 is 5.97 Å². The molecule has 0 aromatic carbocycles. The summed E-state index contributed by atoms with van der Waals surface area (Å²) < 4.78 is 35.5. The molecule has 0 amide bonds. The van der Waals surface area contributed by atoms with Crippen molar-refractivity contribution in [1.82, 2.24) is 0 Å². The summed E-state index contributed by atoms with van der Waals surface area (Å²) >= 11 is 0. The monoisotopic (exact) mass is 201 g/mol. The molecular formula is C5H6F3NO4. The highest BCUT2D eigenvalue weighted by atomic mass is 19.4. The third-order valence-electron chi connectivity index (χ3n) is 1.29. The SMILES string of the molecule is O=C(O)C(CC[N+](=O)[O-])C(F)(F)F. The maximum absolute atomic E-state index is 11.8. The van der Waals surface area contributed by atoms with Crippen LogP contribution in [0.25, 0.3) is 0 Å². The Bertz CT molecular complexity index is 214. The lowest BCUT2D eigenvalue weighted by molar-refractivity contribution is -0.482. The van der Waals surface area contributed by atoms with Gasteiger partial charge in [-0.2, -0.15) is 13.2 Å². The molecule has 0 aliphatic carbocycles. The molecule has 5 nitrogen and oxygen atoms in total. The second-order valence-electron chi connectivity index (χ2n) is 2.28. The molecule has 0 fully saturated rings. The van der Waals surface area contributed by atoms with Crippen molar-refractivity contribution < 1.29 is 28.0 Å². The van der Waals surface area contributed by atoms with Crippen molar-refractivity contribution in [1.29, 1.82) is 0 Å². The highest BCUT2D eigenvalue weighted by Gasteiger charge is 2.45. The van der Waals surface area contributed by atoms with Gasteiger partial charge in [0.25, 0.3) is 0 Å². The summed E-state index contributed by atoms with van der Waals surface area (Å²) in [6.07, 6.45) is -5.96. The zero-order chi connectivity index (χ0) is 10.6. The Labute approximate surface area is 70.3 Å². The second kappa shape index (κ2) is 4.06. The maximum atomic E-state index is 11.8. The van der Waals surface area contributed by atoms with E-state index in [1.807, 2.05) is 0 Å². The summed E-state index contributed by atoms with van der Waals surface area (Å²) in [7, 11) is 0. The number of carboxylic acids is 1. The summed E-state index contributed by atoms with van der Waals surface area (Å²) in [6.45, 7) is -1.00. The van der Waals surface area contributed by atoms with Crippen LogP contribution in [0.15, 0.2) is 0 Å². The molecule has 0 spiro atoms. The predicted octanol–water partition coefficient (Wildman–Crippen LogP) is 0.916. The summed E-state index contributed by atoms with van der Waals surface area (Å²) in [5, 5.41) is 17.8. The Morgan fingerprint density at radius 2 is 2.00 bits per heavy atom. The Balaban J connectivity index is 4.28. The molecule has 1 unspecified atom stereocenters. The molecule has 0 heterocycles. The van der Waals surface area contributed by atoms with Crippen LogP contribution in [-0.4, -0.2) is 28.7 Å². The van der Waals surface area contributed by atoms with Crippen LogP contribution in [0.1, 0.15) is 6.42 Å². The van der Waals surface area contributed by atoms with Gasteiger partial charge in [-0.1, -0.05) is 0 Å². The third kappa shape index (κ3) is 4.28. The van der Waals surface area contributed by atoms with Crippen LogP contribution in [0, 0.1) is 16.0 Å². The third-order valence-corrected chi connectivity index (χ3v) is 1.29. The van der Waals surface area contributed by atoms with Crippen LogP contribution >= 0.6 is 0 Å². The van der Waals surface area contributed by atoms with Crippen LogP contribution < -0.4 is 0 Å². The van der Waals surface area contributed by atoms with E-state index >= 15 is 0 Å². The zero-order valence-electron chi connectivity index (χ0n) is 6.24. The minimum Gasteiger partial charge on any atom is -0.481 e. The minimum atomic E-state index is -4.93. The fourth-order valence-corrected chi connectivity index (χ4v) is 0.662. The number of halogens is 3. The molecule has 0 aliphatic heterocycles. The molecule has 0 rings (SSSR count). The average molecular weight is 201 g/mol. The average Bonchev–Trinajstić information content (AvgIpc) is 1.81. The molecular weight excluding hydrogens is 195 g/mol. The van der Waals surface area contributed by atoms with E-state index in [0.717, 1.165) is 0 Å². The van der Waals surface area contributed by atoms with Crippen molar-refractivity contribution in [3.05, 3.63) is 10.1 Å². The molecule has 0 saturated carbocycles. The molecule has 0 radical (unpaired) electrons. The van der Waals surface area contributed by atoms with E-state index in [1.165, 1.54) is 0 Å². The predicted molar refractivity (Wildman–Crippen MR) is 33.7 cm³/mol. The van der Waals surface area contributed by atoms with Crippen molar-refractivity contribution in [2.75, 3.05) is 6.54 Å². The molecule has 0 bridgehead atoms. The first-order chi connectivity index (χ1) is 5.75. The summed E-state index contributed by atoms with van der Waals surface area (Å²) in [5.41, 5.74) is 0. The van der Waals surface area contributed by atoms with Crippen molar-refractivity contribution in [3.8, 4) is 0 Å². The van der Waals surface area contributed by atoms with E-state index < -0.39 is 36.0 Å². The number of hydrogen-bond donors (Lipinski definition) is 1. The van der Waals surface area contributed by atoms with E-state index in [9.17, 15) is 28.1 Å². The lowest BCUT2D eigenvalue weighted by Gasteiger charge is -2.13. The van der Waals surface area contributed by atoms with Gasteiger partial charge in [-0.25, -0.2) is 0 Å². The molecule has 1 atom stereocenters. The molecule has 0 saturated heterocycles. The van der Waals surface area contributed by atoms with E-state index in [-0.39, 0.29) is 0 Å². The molecule has 0 aromatic rings. The van der Waals surface area contributed by atoms with E-state index in [1.54, 1.807) is 0 Å². The number of alkyl halides is 3. The standard InChI is InChI=1S/C5H6F3NO4/c6-5(7,8)3(4(10)11)1-2-9(12)13/h3H,1-2H2,(H,10,11). The Morgan fingerprint density at radius 1 is 1.54 bits per heavy atom. The van der Waals surface area contributed by atoms with Gasteiger partial charge in [0.15, 0.2) is 5.92 Å². The van der Waals surface area contributed by atoms with E-state index in [2.05, 4.69) is 0 Å². The minimum absolute atomic E-state index is 0.984. The van der Waals surface area contributed by atoms with Gasteiger partial charge in [-0.3, -0.25) is 14.9 Å². The second-order valence-corrected chi connectivity index (χ2v) is 2.28. The largest absolute Gasteiger partial charge is 0.481 e. The highest BCUT2D eigenvalue weighted by Crippen LogP contribution is 2.28.